The molecule has 1 N–H and O–H groups in total. The predicted octanol–water partition coefficient (Wildman–Crippen LogP) is 6.32. The Hall–Kier alpha value is -4.75. The summed E-state index contributed by atoms with van der Waals surface area (Å²) in [7, 11) is 1.35. The maximum absolute atomic E-state index is 12.9. The molecule has 1 saturated carbocycles. The fraction of sp³-hybridized carbons (Fsp3) is 0.372. The van der Waals surface area contributed by atoms with Crippen LogP contribution in [0.15, 0.2) is 128 Å². The zero-order valence-corrected chi connectivity index (χ0v) is 30.5. The average molecular weight is 734 g/mol. The van der Waals surface area contributed by atoms with Crippen molar-refractivity contribution in [2.45, 2.75) is 88.5 Å². The van der Waals surface area contributed by atoms with Crippen LogP contribution in [0.5, 0.6) is 0 Å². The van der Waals surface area contributed by atoms with Crippen molar-refractivity contribution in [3.63, 3.8) is 0 Å². The molecule has 1 aliphatic carbocycles. The summed E-state index contributed by atoms with van der Waals surface area (Å²) >= 11 is 0. The van der Waals surface area contributed by atoms with Gasteiger partial charge in [0.05, 0.1) is 57.3 Å². The molecule has 282 valence electrons. The van der Waals surface area contributed by atoms with Gasteiger partial charge in [0, 0.05) is 5.56 Å². The van der Waals surface area contributed by atoms with Crippen LogP contribution in [-0.4, -0.2) is 76.1 Å². The lowest BCUT2D eigenvalue weighted by Crippen LogP contribution is -2.61. The summed E-state index contributed by atoms with van der Waals surface area (Å²) in [5.41, 5.74) is 4.52. The van der Waals surface area contributed by atoms with Crippen molar-refractivity contribution < 1.29 is 38.3 Å². The largest absolute Gasteiger partial charge is 0.469 e. The molecule has 1 aromatic heterocycles. The molecule has 9 atom stereocenters. The molecular weight excluding hydrogens is 686 g/mol. The van der Waals surface area contributed by atoms with Gasteiger partial charge in [0.25, 0.3) is 0 Å². The van der Waals surface area contributed by atoms with Gasteiger partial charge < -0.3 is 33.5 Å². The number of rotatable bonds is 14. The van der Waals surface area contributed by atoms with Crippen LogP contribution in [0.4, 0.5) is 0 Å². The fourth-order valence-corrected chi connectivity index (χ4v) is 7.32. The van der Waals surface area contributed by atoms with E-state index >= 15 is 0 Å². The van der Waals surface area contributed by atoms with Gasteiger partial charge in [0.15, 0.2) is 6.29 Å². The van der Waals surface area contributed by atoms with Crippen molar-refractivity contribution in [3.8, 4) is 11.3 Å². The second-order valence-electron chi connectivity index (χ2n) is 13.9. The molecule has 1 saturated heterocycles. The molecule has 11 nitrogen and oxygen atoms in total. The summed E-state index contributed by atoms with van der Waals surface area (Å²) in [6, 6.07) is 38.9. The maximum atomic E-state index is 12.9. The van der Waals surface area contributed by atoms with Crippen LogP contribution >= 0.6 is 0 Å². The number of benzene rings is 4. The molecule has 0 bridgehead atoms. The first-order chi connectivity index (χ1) is 26.5. The van der Waals surface area contributed by atoms with Gasteiger partial charge in [0.2, 0.25) is 0 Å². The van der Waals surface area contributed by atoms with E-state index in [9.17, 15) is 9.90 Å². The normalized spacial score (nSPS) is 27.0. The van der Waals surface area contributed by atoms with E-state index in [0.29, 0.717) is 25.3 Å². The quantitative estimate of drug-likeness (QED) is 0.130. The monoisotopic (exact) mass is 733 g/mol. The van der Waals surface area contributed by atoms with Gasteiger partial charge in [-0.3, -0.25) is 4.79 Å². The zero-order chi connectivity index (χ0) is 37.3. The Morgan fingerprint density at radius 2 is 1.24 bits per heavy atom. The summed E-state index contributed by atoms with van der Waals surface area (Å²) in [5.74, 6) is -0.978. The number of aliphatic hydroxyl groups excluding tert-OH is 1. The highest BCUT2D eigenvalue weighted by Gasteiger charge is 2.51. The van der Waals surface area contributed by atoms with Crippen molar-refractivity contribution in [2.24, 2.45) is 5.92 Å². The first kappa shape index (κ1) is 37.6. The molecular formula is C43H47N3O8. The first-order valence-corrected chi connectivity index (χ1v) is 18.5. The highest BCUT2D eigenvalue weighted by molar-refractivity contribution is 5.72. The summed E-state index contributed by atoms with van der Waals surface area (Å²) in [5, 5.41) is 20.7. The number of carbonyl (C=O) groups is 1. The number of carbonyl (C=O) groups excluding carboxylic acids is 1. The Kier molecular flexibility index (Phi) is 12.6. The molecule has 4 aromatic carbocycles. The predicted molar refractivity (Wildman–Crippen MR) is 200 cm³/mol. The van der Waals surface area contributed by atoms with Crippen LogP contribution in [0.3, 0.4) is 0 Å². The van der Waals surface area contributed by atoms with E-state index in [4.69, 9.17) is 28.4 Å². The molecule has 2 aliphatic rings. The Balaban J connectivity index is 1.21. The molecule has 54 heavy (non-hydrogen) atoms. The molecule has 7 rings (SSSR count). The lowest BCUT2D eigenvalue weighted by molar-refractivity contribution is -0.338. The molecule has 6 unspecified atom stereocenters. The van der Waals surface area contributed by atoms with Gasteiger partial charge in [-0.15, -0.1) is 5.10 Å². The van der Waals surface area contributed by atoms with Crippen LogP contribution in [0.2, 0.25) is 0 Å². The Labute approximate surface area is 315 Å². The fourth-order valence-electron chi connectivity index (χ4n) is 7.32. The van der Waals surface area contributed by atoms with Crippen molar-refractivity contribution >= 4 is 5.97 Å². The number of ether oxygens (including phenoxy) is 6. The number of hydrogen-bond acceptors (Lipinski definition) is 10. The molecule has 2 heterocycles. The SMILES string of the molecule is COC(=O)C1CC(n2cc(-c3ccccc3)nn2)C(O[C@@H]2OC(C)[C@@H](OCc3ccccc3)C(OCc3ccccc3)C2OCc2ccccc2)[C@H](O)C1. The van der Waals surface area contributed by atoms with Gasteiger partial charge in [-0.05, 0) is 36.5 Å². The Morgan fingerprint density at radius 3 is 1.80 bits per heavy atom. The van der Waals surface area contributed by atoms with E-state index in [-0.39, 0.29) is 13.0 Å². The molecule has 0 amide bonds. The topological polar surface area (TPSA) is 123 Å². The summed E-state index contributed by atoms with van der Waals surface area (Å²) in [6.07, 6.45) is -3.09. The standard InChI is InChI=1S/C43H47N3O8/c1-29-38(50-26-30-15-7-3-8-16-30)40(51-27-31-17-9-4-10-18-31)41(52-28-32-19-11-5-12-20-32)43(53-29)54-39-36(23-34(24-37(39)47)42(48)49-2)46-25-35(44-45-46)33-21-13-6-14-22-33/h3-22,25,29,34,36-41,43,47H,23-24,26-28H2,1-2H3/t29?,34?,36?,37-,38-,39?,40?,41?,43+/m1/s1. The van der Waals surface area contributed by atoms with Crippen LogP contribution in [0.1, 0.15) is 42.5 Å². The molecule has 5 aromatic rings. The number of methoxy groups -OCH3 is 1. The van der Waals surface area contributed by atoms with E-state index in [1.54, 1.807) is 4.68 Å². The van der Waals surface area contributed by atoms with Gasteiger partial charge >= 0.3 is 5.97 Å². The van der Waals surface area contributed by atoms with E-state index in [0.717, 1.165) is 22.3 Å². The minimum atomic E-state index is -1.07. The molecule has 2 fully saturated rings. The number of aliphatic hydroxyl groups is 1. The zero-order valence-electron chi connectivity index (χ0n) is 30.5. The van der Waals surface area contributed by atoms with E-state index in [2.05, 4.69) is 10.3 Å². The number of aromatic nitrogens is 3. The van der Waals surface area contributed by atoms with Crippen molar-refractivity contribution in [1.29, 1.82) is 0 Å². The van der Waals surface area contributed by atoms with Crippen molar-refractivity contribution in [2.75, 3.05) is 7.11 Å². The Morgan fingerprint density at radius 1 is 0.722 bits per heavy atom. The van der Waals surface area contributed by atoms with E-state index < -0.39 is 60.8 Å². The van der Waals surface area contributed by atoms with Crippen LogP contribution in [0, 0.1) is 5.92 Å². The summed E-state index contributed by atoms with van der Waals surface area (Å²) in [4.78, 5) is 12.9. The lowest BCUT2D eigenvalue weighted by Gasteiger charge is -2.47. The van der Waals surface area contributed by atoms with Crippen LogP contribution in [0.25, 0.3) is 11.3 Å². The highest BCUT2D eigenvalue weighted by atomic mass is 16.7. The van der Waals surface area contributed by atoms with Gasteiger partial charge in [-0.2, -0.15) is 0 Å². The van der Waals surface area contributed by atoms with E-state index in [1.165, 1.54) is 7.11 Å². The third-order valence-electron chi connectivity index (χ3n) is 10.1. The Bertz CT molecular complexity index is 1880. The number of nitrogens with zero attached hydrogens (tertiary/aromatic N) is 3. The molecule has 0 radical (unpaired) electrons. The van der Waals surface area contributed by atoms with Crippen LogP contribution in [-0.2, 0) is 53.0 Å². The van der Waals surface area contributed by atoms with Gasteiger partial charge in [-0.1, -0.05) is 127 Å². The first-order valence-electron chi connectivity index (χ1n) is 18.5. The maximum Gasteiger partial charge on any atom is 0.308 e. The van der Waals surface area contributed by atoms with Gasteiger partial charge in [0.1, 0.15) is 30.1 Å². The summed E-state index contributed by atoms with van der Waals surface area (Å²) < 4.78 is 40.4. The minimum Gasteiger partial charge on any atom is -0.469 e. The number of hydrogen-bond donors (Lipinski definition) is 1. The highest BCUT2D eigenvalue weighted by Crippen LogP contribution is 2.39. The van der Waals surface area contributed by atoms with Gasteiger partial charge in [-0.25, -0.2) is 4.68 Å². The minimum absolute atomic E-state index is 0.142. The smallest absolute Gasteiger partial charge is 0.308 e. The lowest BCUT2D eigenvalue weighted by atomic mass is 9.81. The summed E-state index contributed by atoms with van der Waals surface area (Å²) in [6.45, 7) is 2.84. The second-order valence-corrected chi connectivity index (χ2v) is 13.9. The average Bonchev–Trinajstić information content (AvgIpc) is 3.71. The van der Waals surface area contributed by atoms with E-state index in [1.807, 2.05) is 134 Å². The molecule has 0 spiro atoms. The van der Waals surface area contributed by atoms with Crippen molar-refractivity contribution in [1.82, 2.24) is 15.0 Å². The molecule has 1 aliphatic heterocycles. The molecule has 11 heteroatoms. The number of esters is 1. The third-order valence-corrected chi connectivity index (χ3v) is 10.1. The van der Waals surface area contributed by atoms with Crippen LogP contribution < -0.4 is 0 Å². The third kappa shape index (κ3) is 9.12. The second kappa shape index (κ2) is 18.1. The van der Waals surface area contributed by atoms with Crippen molar-refractivity contribution in [3.05, 3.63) is 144 Å².